The molecule has 0 spiro atoms. The first-order chi connectivity index (χ1) is 12.2. The van der Waals surface area contributed by atoms with Crippen molar-refractivity contribution in [3.8, 4) is 0 Å². The maximum atomic E-state index is 12.3. The zero-order valence-corrected chi connectivity index (χ0v) is 14.5. The minimum Gasteiger partial charge on any atom is -0.466 e. The first kappa shape index (κ1) is 18.4. The summed E-state index contributed by atoms with van der Waals surface area (Å²) in [6.45, 7) is 3.90. The van der Waals surface area contributed by atoms with Gasteiger partial charge in [-0.2, -0.15) is 5.10 Å². The summed E-state index contributed by atoms with van der Waals surface area (Å²) in [5.74, 6) is -0.922. The van der Waals surface area contributed by atoms with Crippen molar-refractivity contribution in [3.63, 3.8) is 0 Å². The Labute approximate surface area is 150 Å². The van der Waals surface area contributed by atoms with Gasteiger partial charge in [0, 0.05) is 18.8 Å². The van der Waals surface area contributed by atoms with Gasteiger partial charge in [0.2, 0.25) is 0 Å². The number of allylic oxidation sites excluding steroid dienone is 1. The van der Waals surface area contributed by atoms with E-state index in [-0.39, 0.29) is 17.4 Å². The van der Waals surface area contributed by atoms with Crippen LogP contribution in [0.3, 0.4) is 0 Å². The van der Waals surface area contributed by atoms with Gasteiger partial charge in [0.05, 0.1) is 12.0 Å². The predicted octanol–water partition coefficient (Wildman–Crippen LogP) is 2.86. The van der Waals surface area contributed by atoms with E-state index in [1.807, 2.05) is 36.4 Å². The zero-order chi connectivity index (χ0) is 18.1. The monoisotopic (exact) mass is 355 g/mol. The third-order valence-corrected chi connectivity index (χ3v) is 4.03. The molecule has 1 heterocycles. The number of thioether (sulfide) groups is 1. The molecule has 0 atom stereocenters. The van der Waals surface area contributed by atoms with Gasteiger partial charge in [0.15, 0.2) is 5.17 Å². The highest BCUT2D eigenvalue weighted by Crippen LogP contribution is 2.30. The second-order valence-corrected chi connectivity index (χ2v) is 5.76. The molecule has 0 aromatic heterocycles. The van der Waals surface area contributed by atoms with Crippen molar-refractivity contribution in [1.29, 1.82) is 0 Å². The molecular weight excluding hydrogens is 338 g/mol. The summed E-state index contributed by atoms with van der Waals surface area (Å²) < 4.78 is 4.55. The van der Waals surface area contributed by atoms with Crippen LogP contribution in [-0.4, -0.2) is 41.8 Å². The molecule has 0 aliphatic carbocycles. The number of hydrogen-bond acceptors (Lipinski definition) is 6. The van der Waals surface area contributed by atoms with Crippen molar-refractivity contribution in [3.05, 3.63) is 65.6 Å². The zero-order valence-electron chi connectivity index (χ0n) is 13.7. The van der Waals surface area contributed by atoms with E-state index in [0.29, 0.717) is 5.17 Å². The van der Waals surface area contributed by atoms with Crippen LogP contribution in [0.2, 0.25) is 0 Å². The molecule has 0 bridgehead atoms. The highest BCUT2D eigenvalue weighted by atomic mass is 32.2. The lowest BCUT2D eigenvalue weighted by atomic mass is 10.2. The van der Waals surface area contributed by atoms with Crippen LogP contribution in [0.4, 0.5) is 0 Å². The van der Waals surface area contributed by atoms with Gasteiger partial charge in [0.25, 0.3) is 5.91 Å². The molecule has 1 aliphatic rings. The van der Waals surface area contributed by atoms with E-state index < -0.39 is 5.97 Å². The standard InChI is InChI=1S/C18H17N3O3S/c1-3-12-21-17(23)15(13-16(22)24-2)25-18(21)20-19-11-7-10-14-8-5-4-6-9-14/h3-11,13H,1,12H2,2H3/b10-7+,15-13-,19-11+,20-18-. The SMILES string of the molecule is C=CCN1C(=O)/C(=C/C(=O)OC)S\C1=N/N=C/C=C/c1ccccc1. The summed E-state index contributed by atoms with van der Waals surface area (Å²) in [5, 5.41) is 8.38. The molecule has 1 aromatic rings. The molecule has 1 saturated heterocycles. The molecule has 0 unspecified atom stereocenters. The lowest BCUT2D eigenvalue weighted by molar-refractivity contribution is -0.135. The Kier molecular flexibility index (Phi) is 6.91. The average Bonchev–Trinajstić information content (AvgIpc) is 2.91. The van der Waals surface area contributed by atoms with Crippen molar-refractivity contribution in [2.45, 2.75) is 0 Å². The molecule has 1 aliphatic heterocycles. The normalized spacial score (nSPS) is 18.0. The lowest BCUT2D eigenvalue weighted by Gasteiger charge is -2.10. The van der Waals surface area contributed by atoms with Crippen molar-refractivity contribution in [2.75, 3.05) is 13.7 Å². The van der Waals surface area contributed by atoms with Crippen LogP contribution in [-0.2, 0) is 14.3 Å². The van der Waals surface area contributed by atoms with Crippen molar-refractivity contribution < 1.29 is 14.3 Å². The highest BCUT2D eigenvalue weighted by molar-refractivity contribution is 8.18. The van der Waals surface area contributed by atoms with E-state index in [1.165, 1.54) is 18.2 Å². The van der Waals surface area contributed by atoms with E-state index in [0.717, 1.165) is 23.4 Å². The van der Waals surface area contributed by atoms with Crippen LogP contribution >= 0.6 is 11.8 Å². The number of rotatable bonds is 6. The van der Waals surface area contributed by atoms with Crippen molar-refractivity contribution >= 4 is 41.1 Å². The third kappa shape index (κ3) is 5.29. The molecule has 1 aromatic carbocycles. The van der Waals surface area contributed by atoms with Gasteiger partial charge < -0.3 is 4.74 Å². The van der Waals surface area contributed by atoms with Crippen LogP contribution in [0.15, 0.2) is 70.2 Å². The van der Waals surface area contributed by atoms with Gasteiger partial charge in [-0.1, -0.05) is 42.5 Å². The Balaban J connectivity index is 2.10. The quantitative estimate of drug-likeness (QED) is 0.259. The van der Waals surface area contributed by atoms with Crippen LogP contribution in [0.25, 0.3) is 6.08 Å². The Hall–Kier alpha value is -2.93. The Morgan fingerprint density at radius 3 is 2.80 bits per heavy atom. The summed E-state index contributed by atoms with van der Waals surface area (Å²) in [4.78, 5) is 25.2. The summed E-state index contributed by atoms with van der Waals surface area (Å²) in [6.07, 6.45) is 7.89. The summed E-state index contributed by atoms with van der Waals surface area (Å²) in [6, 6.07) is 9.77. The van der Waals surface area contributed by atoms with E-state index in [9.17, 15) is 9.59 Å². The Morgan fingerprint density at radius 1 is 1.36 bits per heavy atom. The predicted molar refractivity (Wildman–Crippen MR) is 101 cm³/mol. The molecule has 0 radical (unpaired) electrons. The molecule has 0 N–H and O–H groups in total. The number of hydrogen-bond donors (Lipinski definition) is 0. The molecule has 1 amide bonds. The Bertz CT molecular complexity index is 767. The second-order valence-electron chi connectivity index (χ2n) is 4.76. The first-order valence-corrected chi connectivity index (χ1v) is 8.20. The van der Waals surface area contributed by atoms with E-state index in [4.69, 9.17) is 0 Å². The number of nitrogens with zero attached hydrogens (tertiary/aromatic N) is 3. The summed E-state index contributed by atoms with van der Waals surface area (Å²) in [7, 11) is 1.25. The molecule has 7 heteroatoms. The van der Waals surface area contributed by atoms with Crippen molar-refractivity contribution in [1.82, 2.24) is 4.90 Å². The number of methoxy groups -OCH3 is 1. The number of amides is 1. The largest absolute Gasteiger partial charge is 0.466 e. The van der Waals surface area contributed by atoms with Crippen LogP contribution in [0, 0.1) is 0 Å². The molecule has 25 heavy (non-hydrogen) atoms. The summed E-state index contributed by atoms with van der Waals surface area (Å²) in [5.41, 5.74) is 1.05. The van der Waals surface area contributed by atoms with Crippen LogP contribution in [0.1, 0.15) is 5.56 Å². The second kappa shape index (κ2) is 9.39. The van der Waals surface area contributed by atoms with Gasteiger partial charge in [-0.15, -0.1) is 11.7 Å². The molecule has 0 saturated carbocycles. The smallest absolute Gasteiger partial charge is 0.331 e. The number of carbonyl (C=O) groups excluding carboxylic acids is 2. The Morgan fingerprint density at radius 2 is 2.12 bits per heavy atom. The molecule has 1 fully saturated rings. The van der Waals surface area contributed by atoms with Gasteiger partial charge in [0.1, 0.15) is 0 Å². The summed E-state index contributed by atoms with van der Waals surface area (Å²) >= 11 is 1.07. The molecular formula is C18H17N3O3S. The maximum absolute atomic E-state index is 12.3. The van der Waals surface area contributed by atoms with Gasteiger partial charge in [-0.25, -0.2) is 4.79 Å². The minimum atomic E-state index is -0.593. The fourth-order valence-electron chi connectivity index (χ4n) is 1.88. The van der Waals surface area contributed by atoms with Crippen molar-refractivity contribution in [2.24, 2.45) is 10.2 Å². The number of benzene rings is 1. The maximum Gasteiger partial charge on any atom is 0.331 e. The van der Waals surface area contributed by atoms with Crippen LogP contribution in [0.5, 0.6) is 0 Å². The third-order valence-electron chi connectivity index (χ3n) is 3.03. The van der Waals surface area contributed by atoms with Gasteiger partial charge >= 0.3 is 5.97 Å². The fraction of sp³-hybridized carbons (Fsp3) is 0.111. The first-order valence-electron chi connectivity index (χ1n) is 7.38. The minimum absolute atomic E-state index is 0.238. The number of ether oxygens (including phenoxy) is 1. The topological polar surface area (TPSA) is 71.3 Å². The van der Waals surface area contributed by atoms with Crippen LogP contribution < -0.4 is 0 Å². The molecule has 6 nitrogen and oxygen atoms in total. The number of carbonyl (C=O) groups is 2. The fourth-order valence-corrected chi connectivity index (χ4v) is 2.78. The van der Waals surface area contributed by atoms with E-state index in [2.05, 4.69) is 21.5 Å². The van der Waals surface area contributed by atoms with E-state index >= 15 is 0 Å². The van der Waals surface area contributed by atoms with Gasteiger partial charge in [-0.05, 0) is 23.4 Å². The lowest BCUT2D eigenvalue weighted by Crippen LogP contribution is -2.29. The number of esters is 1. The molecule has 128 valence electrons. The van der Waals surface area contributed by atoms with Gasteiger partial charge in [-0.3, -0.25) is 9.69 Å². The molecule has 2 rings (SSSR count). The highest BCUT2D eigenvalue weighted by Gasteiger charge is 2.33. The number of amidine groups is 1. The van der Waals surface area contributed by atoms with E-state index in [1.54, 1.807) is 12.2 Å². The average molecular weight is 355 g/mol.